The molecule has 1 aliphatic rings. The third-order valence-corrected chi connectivity index (χ3v) is 5.02. The van der Waals surface area contributed by atoms with Crippen molar-refractivity contribution in [1.82, 2.24) is 18.9 Å². The van der Waals surface area contributed by atoms with Crippen molar-refractivity contribution in [2.75, 3.05) is 20.2 Å². The maximum absolute atomic E-state index is 12.9. The van der Waals surface area contributed by atoms with Crippen LogP contribution in [-0.4, -0.2) is 69.1 Å². The van der Waals surface area contributed by atoms with Crippen molar-refractivity contribution in [3.05, 3.63) is 26.8 Å². The molecular formula is C18H21BrN4O7. The Kier molecular flexibility index (Phi) is 6.27. The second-order valence-electron chi connectivity index (χ2n) is 6.95. The zero-order valence-corrected chi connectivity index (χ0v) is 18.5. The van der Waals surface area contributed by atoms with Crippen LogP contribution in [0.1, 0.15) is 31.3 Å². The quantitative estimate of drug-likeness (QED) is 0.578. The van der Waals surface area contributed by atoms with Crippen LogP contribution in [0.3, 0.4) is 0 Å². The first kappa shape index (κ1) is 22.0. The molecule has 2 unspecified atom stereocenters. The van der Waals surface area contributed by atoms with Crippen LogP contribution in [0.5, 0.6) is 5.75 Å². The molecular weight excluding hydrogens is 464 g/mol. The second kappa shape index (κ2) is 8.56. The average molecular weight is 485 g/mol. The predicted molar refractivity (Wildman–Crippen MR) is 106 cm³/mol. The van der Waals surface area contributed by atoms with E-state index in [0.29, 0.717) is 13.1 Å². The summed E-state index contributed by atoms with van der Waals surface area (Å²) in [6.45, 7) is 5.64. The number of halogens is 1. The van der Waals surface area contributed by atoms with Gasteiger partial charge in [-0.3, -0.25) is 14.4 Å². The number of amides is 1. The number of methoxy groups -OCH3 is 1. The molecule has 11 nitrogen and oxygen atoms in total. The van der Waals surface area contributed by atoms with Gasteiger partial charge in [0.15, 0.2) is 0 Å². The van der Waals surface area contributed by atoms with E-state index in [4.69, 9.17) is 9.47 Å². The fourth-order valence-corrected chi connectivity index (χ4v) is 3.90. The van der Waals surface area contributed by atoms with Crippen molar-refractivity contribution < 1.29 is 28.6 Å². The van der Waals surface area contributed by atoms with Gasteiger partial charge < -0.3 is 23.7 Å². The predicted octanol–water partition coefficient (Wildman–Crippen LogP) is 0.606. The molecule has 3 rings (SSSR count). The third kappa shape index (κ3) is 4.24. The highest BCUT2D eigenvalue weighted by atomic mass is 79.9. The summed E-state index contributed by atoms with van der Waals surface area (Å²) >= 11 is 3.25. The number of fused-ring (bicyclic) bond motifs is 1. The smallest absolute Gasteiger partial charge is 0.360 e. The molecule has 0 aromatic carbocycles. The van der Waals surface area contributed by atoms with Crippen LogP contribution in [0.4, 0.5) is 0 Å². The Balaban J connectivity index is 2.05. The van der Waals surface area contributed by atoms with Gasteiger partial charge in [-0.15, -0.1) is 0 Å². The summed E-state index contributed by atoms with van der Waals surface area (Å²) in [5.74, 6) is -2.46. The molecule has 0 radical (unpaired) electrons. The number of imidazole rings is 1. The molecule has 0 aliphatic carbocycles. The van der Waals surface area contributed by atoms with Gasteiger partial charge >= 0.3 is 17.5 Å². The minimum atomic E-state index is -0.947. The topological polar surface area (TPSA) is 121 Å². The molecule has 1 saturated heterocycles. The number of esters is 2. The lowest BCUT2D eigenvalue weighted by atomic mass is 10.2. The minimum absolute atomic E-state index is 0.0193. The summed E-state index contributed by atoms with van der Waals surface area (Å²) in [6, 6.07) is 0. The van der Waals surface area contributed by atoms with Crippen LogP contribution in [0.15, 0.2) is 15.6 Å². The van der Waals surface area contributed by atoms with E-state index in [1.54, 1.807) is 4.90 Å². The number of aromatic nitrogens is 3. The fraction of sp³-hybridized carbons (Fsp3) is 0.500. The number of carbonyl (C=O) groups excluding carboxylic acids is 3. The number of carbonyl (C=O) groups is 3. The molecule has 2 atom stereocenters. The average Bonchev–Trinajstić information content (AvgIpc) is 2.97. The molecule has 3 heterocycles. The van der Waals surface area contributed by atoms with Gasteiger partial charge in [0.2, 0.25) is 23.1 Å². The minimum Gasteiger partial charge on any atom is -0.464 e. The fourth-order valence-electron chi connectivity index (χ4n) is 3.34. The van der Waals surface area contributed by atoms with Gasteiger partial charge in [0.25, 0.3) is 0 Å². The largest absolute Gasteiger partial charge is 0.464 e. The van der Waals surface area contributed by atoms with Crippen molar-refractivity contribution in [3.63, 3.8) is 0 Å². The molecule has 2 aromatic heterocycles. The number of rotatable bonds is 4. The van der Waals surface area contributed by atoms with E-state index >= 15 is 0 Å². The highest BCUT2D eigenvalue weighted by Crippen LogP contribution is 2.20. The van der Waals surface area contributed by atoms with E-state index in [1.807, 2.05) is 13.8 Å². The van der Waals surface area contributed by atoms with E-state index in [2.05, 4.69) is 25.7 Å². The van der Waals surface area contributed by atoms with E-state index < -0.39 is 28.9 Å². The Labute approximate surface area is 179 Å². The van der Waals surface area contributed by atoms with Crippen LogP contribution in [0.2, 0.25) is 0 Å². The van der Waals surface area contributed by atoms with Crippen LogP contribution >= 0.6 is 15.9 Å². The normalized spacial score (nSPS) is 19.0. The first-order chi connectivity index (χ1) is 14.1. The van der Waals surface area contributed by atoms with Crippen LogP contribution < -0.4 is 10.3 Å². The van der Waals surface area contributed by atoms with Crippen molar-refractivity contribution in [3.8, 4) is 5.75 Å². The van der Waals surface area contributed by atoms with E-state index in [1.165, 1.54) is 10.8 Å². The number of hydrogen-bond donors (Lipinski definition) is 0. The van der Waals surface area contributed by atoms with E-state index in [9.17, 15) is 19.2 Å². The van der Waals surface area contributed by atoms with E-state index in [-0.39, 0.29) is 35.0 Å². The molecule has 1 fully saturated rings. The molecule has 0 bridgehead atoms. The lowest BCUT2D eigenvalue weighted by Crippen LogP contribution is -2.49. The van der Waals surface area contributed by atoms with Gasteiger partial charge in [0.1, 0.15) is 11.1 Å². The summed E-state index contributed by atoms with van der Waals surface area (Å²) in [4.78, 5) is 55.1. The standard InChI is InChI=1S/C18H21BrN4O7/c1-9-5-21(6-10(2)29-9)13(25)8-22-7-12(19)23-16(26)15(30-11(3)24)14(17(27)28-4)20-18(22)23/h7,9-10H,5-6,8H2,1-4H3. The lowest BCUT2D eigenvalue weighted by Gasteiger charge is -2.35. The highest BCUT2D eigenvalue weighted by molar-refractivity contribution is 9.10. The number of morpholine rings is 1. The van der Waals surface area contributed by atoms with Crippen molar-refractivity contribution in [2.24, 2.45) is 0 Å². The van der Waals surface area contributed by atoms with Gasteiger partial charge in [-0.25, -0.2) is 14.2 Å². The molecule has 30 heavy (non-hydrogen) atoms. The Morgan fingerprint density at radius 3 is 2.47 bits per heavy atom. The summed E-state index contributed by atoms with van der Waals surface area (Å²) in [5.41, 5.74) is -1.24. The molecule has 12 heteroatoms. The summed E-state index contributed by atoms with van der Waals surface area (Å²) in [7, 11) is 1.11. The maximum Gasteiger partial charge on any atom is 0.360 e. The molecule has 1 amide bonds. The van der Waals surface area contributed by atoms with Crippen molar-refractivity contribution in [1.29, 1.82) is 0 Å². The Morgan fingerprint density at radius 2 is 1.90 bits per heavy atom. The van der Waals surface area contributed by atoms with Gasteiger partial charge in [0.05, 0.1) is 19.3 Å². The highest BCUT2D eigenvalue weighted by Gasteiger charge is 2.28. The Morgan fingerprint density at radius 1 is 1.27 bits per heavy atom. The lowest BCUT2D eigenvalue weighted by molar-refractivity contribution is -0.143. The molecule has 0 N–H and O–H groups in total. The number of hydrogen-bond acceptors (Lipinski definition) is 8. The summed E-state index contributed by atoms with van der Waals surface area (Å²) < 4.78 is 18.0. The number of ether oxygens (including phenoxy) is 3. The number of nitrogens with zero attached hydrogens (tertiary/aromatic N) is 4. The summed E-state index contributed by atoms with van der Waals surface area (Å²) in [5, 5.41) is 0. The molecule has 1 aliphatic heterocycles. The molecule has 162 valence electrons. The molecule has 0 spiro atoms. The Bertz CT molecular complexity index is 1070. The van der Waals surface area contributed by atoms with E-state index in [0.717, 1.165) is 18.4 Å². The van der Waals surface area contributed by atoms with Gasteiger partial charge in [-0.05, 0) is 29.8 Å². The second-order valence-corrected chi connectivity index (χ2v) is 7.76. The molecule has 2 aromatic rings. The first-order valence-corrected chi connectivity index (χ1v) is 9.93. The third-order valence-electron chi connectivity index (χ3n) is 4.46. The molecule has 0 saturated carbocycles. The first-order valence-electron chi connectivity index (χ1n) is 9.13. The zero-order chi connectivity index (χ0) is 22.2. The van der Waals surface area contributed by atoms with Gasteiger partial charge in [0, 0.05) is 26.2 Å². The van der Waals surface area contributed by atoms with Crippen LogP contribution in [0, 0.1) is 0 Å². The van der Waals surface area contributed by atoms with Crippen molar-refractivity contribution >= 4 is 39.6 Å². The zero-order valence-electron chi connectivity index (χ0n) is 16.9. The van der Waals surface area contributed by atoms with Crippen LogP contribution in [-0.2, 0) is 25.6 Å². The summed E-state index contributed by atoms with van der Waals surface area (Å²) in [6.07, 6.45) is 1.31. The van der Waals surface area contributed by atoms with Crippen molar-refractivity contribution in [2.45, 2.75) is 39.5 Å². The SMILES string of the molecule is COC(=O)c1nc2n(CC(=O)N3CC(C)OC(C)C3)cc(Br)n2c(=O)c1OC(C)=O. The Hall–Kier alpha value is -2.73. The maximum atomic E-state index is 12.9. The monoisotopic (exact) mass is 484 g/mol. The van der Waals surface area contributed by atoms with Gasteiger partial charge in [-0.1, -0.05) is 0 Å². The van der Waals surface area contributed by atoms with Crippen LogP contribution in [0.25, 0.3) is 5.78 Å². The van der Waals surface area contributed by atoms with Gasteiger partial charge in [-0.2, -0.15) is 0 Å².